The van der Waals surface area contributed by atoms with Crippen LogP contribution in [0.25, 0.3) is 0 Å². The van der Waals surface area contributed by atoms with E-state index >= 15 is 0 Å². The summed E-state index contributed by atoms with van der Waals surface area (Å²) < 4.78 is 15.7. The maximum absolute atomic E-state index is 12.7. The topological polar surface area (TPSA) is 103 Å². The van der Waals surface area contributed by atoms with Crippen LogP contribution in [0.5, 0.6) is 6.01 Å². The standard InChI is InChI=1S/C23H33N5O4/c1-4-9-27(10-11-30-2)15-17-5-7-18(8-6-17)16-28-20(29)14-19-21(24)25-23(26-22(19)28)32-13-12-31-3/h5-8H,4,9-16H2,1-3H3,(H2,24,25,26). The third-order valence-electron chi connectivity index (χ3n) is 5.32. The van der Waals surface area contributed by atoms with Crippen LogP contribution in [0.15, 0.2) is 24.3 Å². The van der Waals surface area contributed by atoms with Gasteiger partial charge >= 0.3 is 6.01 Å². The molecule has 0 radical (unpaired) electrons. The number of nitrogen functional groups attached to an aromatic ring is 1. The van der Waals surface area contributed by atoms with Crippen LogP contribution < -0.4 is 15.4 Å². The average Bonchev–Trinajstić information content (AvgIpc) is 3.09. The van der Waals surface area contributed by atoms with Crippen LogP contribution in [0.2, 0.25) is 0 Å². The number of carbonyl (C=O) groups is 1. The molecule has 0 saturated carbocycles. The van der Waals surface area contributed by atoms with Gasteiger partial charge in [-0.15, -0.1) is 0 Å². The molecule has 32 heavy (non-hydrogen) atoms. The van der Waals surface area contributed by atoms with Gasteiger partial charge < -0.3 is 19.9 Å². The molecule has 0 bridgehead atoms. The zero-order chi connectivity index (χ0) is 22.9. The van der Waals surface area contributed by atoms with Crippen molar-refractivity contribution in [3.05, 3.63) is 41.0 Å². The SMILES string of the molecule is CCCN(CCOC)Cc1ccc(CN2C(=O)Cc3c(N)nc(OCCOC)nc32)cc1. The Kier molecular flexibility index (Phi) is 8.78. The molecule has 1 aliphatic heterocycles. The van der Waals surface area contributed by atoms with Gasteiger partial charge in [-0.05, 0) is 24.1 Å². The van der Waals surface area contributed by atoms with E-state index < -0.39 is 0 Å². The average molecular weight is 444 g/mol. The summed E-state index contributed by atoms with van der Waals surface area (Å²) in [7, 11) is 3.32. The molecule has 0 fully saturated rings. The Morgan fingerprint density at radius 1 is 1.03 bits per heavy atom. The first-order valence-corrected chi connectivity index (χ1v) is 10.9. The van der Waals surface area contributed by atoms with Crippen molar-refractivity contribution in [3.63, 3.8) is 0 Å². The van der Waals surface area contributed by atoms with E-state index in [1.54, 1.807) is 19.1 Å². The van der Waals surface area contributed by atoms with E-state index in [2.05, 4.69) is 46.1 Å². The quantitative estimate of drug-likeness (QED) is 0.469. The number of nitrogens with two attached hydrogens (primary N) is 1. The van der Waals surface area contributed by atoms with E-state index in [1.165, 1.54) is 5.56 Å². The minimum Gasteiger partial charge on any atom is -0.461 e. The minimum absolute atomic E-state index is 0.0483. The van der Waals surface area contributed by atoms with Crippen molar-refractivity contribution in [2.24, 2.45) is 0 Å². The van der Waals surface area contributed by atoms with E-state index in [4.69, 9.17) is 19.9 Å². The number of carbonyl (C=O) groups excluding carboxylic acids is 1. The van der Waals surface area contributed by atoms with Crippen LogP contribution >= 0.6 is 0 Å². The molecule has 9 heteroatoms. The van der Waals surface area contributed by atoms with Crippen LogP contribution in [-0.2, 0) is 33.8 Å². The number of rotatable bonds is 13. The lowest BCUT2D eigenvalue weighted by atomic mass is 10.1. The van der Waals surface area contributed by atoms with Gasteiger partial charge in [-0.1, -0.05) is 31.2 Å². The molecule has 1 aliphatic rings. The number of methoxy groups -OCH3 is 2. The third kappa shape index (κ3) is 6.15. The summed E-state index contributed by atoms with van der Waals surface area (Å²) in [6.07, 6.45) is 1.30. The maximum atomic E-state index is 12.7. The number of fused-ring (bicyclic) bond motifs is 1. The molecule has 0 saturated heterocycles. The van der Waals surface area contributed by atoms with Crippen LogP contribution in [0, 0.1) is 0 Å². The Balaban J connectivity index is 1.69. The van der Waals surface area contributed by atoms with Gasteiger partial charge in [0, 0.05) is 32.9 Å². The van der Waals surface area contributed by atoms with Crippen molar-refractivity contribution >= 4 is 17.5 Å². The van der Waals surface area contributed by atoms with Crippen molar-refractivity contribution < 1.29 is 19.0 Å². The van der Waals surface area contributed by atoms with Gasteiger partial charge in [0.25, 0.3) is 0 Å². The number of benzene rings is 1. The second kappa shape index (κ2) is 11.8. The lowest BCUT2D eigenvalue weighted by Gasteiger charge is -2.22. The molecular weight excluding hydrogens is 410 g/mol. The molecule has 2 aromatic rings. The van der Waals surface area contributed by atoms with Gasteiger partial charge in [-0.25, -0.2) is 0 Å². The number of hydrogen-bond acceptors (Lipinski definition) is 8. The smallest absolute Gasteiger partial charge is 0.320 e. The van der Waals surface area contributed by atoms with Crippen molar-refractivity contribution in [2.45, 2.75) is 32.9 Å². The summed E-state index contributed by atoms with van der Waals surface area (Å²) in [5, 5.41) is 0. The van der Waals surface area contributed by atoms with Gasteiger partial charge in [0.1, 0.15) is 18.2 Å². The van der Waals surface area contributed by atoms with Crippen LogP contribution in [0.3, 0.4) is 0 Å². The minimum atomic E-state index is -0.0483. The first-order valence-electron chi connectivity index (χ1n) is 10.9. The number of hydrogen-bond donors (Lipinski definition) is 1. The van der Waals surface area contributed by atoms with Crippen molar-refractivity contribution in [3.8, 4) is 6.01 Å². The van der Waals surface area contributed by atoms with Gasteiger partial charge in [-0.2, -0.15) is 9.97 Å². The molecule has 1 aromatic carbocycles. The first-order chi connectivity index (χ1) is 15.5. The monoisotopic (exact) mass is 443 g/mol. The van der Waals surface area contributed by atoms with Crippen LogP contribution in [0.4, 0.5) is 11.6 Å². The fourth-order valence-electron chi connectivity index (χ4n) is 3.67. The van der Waals surface area contributed by atoms with E-state index in [0.29, 0.717) is 31.1 Å². The largest absolute Gasteiger partial charge is 0.461 e. The molecule has 0 spiro atoms. The highest BCUT2D eigenvalue weighted by Crippen LogP contribution is 2.33. The molecule has 174 valence electrons. The number of nitrogens with zero attached hydrogens (tertiary/aromatic N) is 4. The Labute approximate surface area is 189 Å². The predicted octanol–water partition coefficient (Wildman–Crippen LogP) is 2.03. The Morgan fingerprint density at radius 3 is 2.44 bits per heavy atom. The highest BCUT2D eigenvalue weighted by atomic mass is 16.5. The summed E-state index contributed by atoms with van der Waals surface area (Å²) in [6.45, 7) is 6.84. The maximum Gasteiger partial charge on any atom is 0.320 e. The van der Waals surface area contributed by atoms with E-state index in [9.17, 15) is 4.79 Å². The fraction of sp³-hybridized carbons (Fsp3) is 0.522. The molecule has 1 amide bonds. The lowest BCUT2D eigenvalue weighted by molar-refractivity contribution is -0.117. The number of anilines is 2. The molecule has 3 rings (SSSR count). The predicted molar refractivity (Wildman–Crippen MR) is 123 cm³/mol. The van der Waals surface area contributed by atoms with Crippen molar-refractivity contribution in [1.29, 1.82) is 0 Å². The molecule has 2 heterocycles. The van der Waals surface area contributed by atoms with Crippen LogP contribution in [-0.4, -0.2) is 67.9 Å². The molecule has 1 aromatic heterocycles. The summed E-state index contributed by atoms with van der Waals surface area (Å²) in [5.74, 6) is 0.751. The van der Waals surface area contributed by atoms with Gasteiger partial charge in [0.05, 0.1) is 26.2 Å². The van der Waals surface area contributed by atoms with Gasteiger partial charge in [0.2, 0.25) is 5.91 Å². The summed E-state index contributed by atoms with van der Waals surface area (Å²) >= 11 is 0. The van der Waals surface area contributed by atoms with E-state index in [0.717, 1.165) is 38.2 Å². The highest BCUT2D eigenvalue weighted by Gasteiger charge is 2.32. The van der Waals surface area contributed by atoms with Crippen molar-refractivity contribution in [2.75, 3.05) is 57.8 Å². The molecule has 0 atom stereocenters. The first kappa shape index (κ1) is 23.9. The molecule has 9 nitrogen and oxygen atoms in total. The normalized spacial score (nSPS) is 13.1. The summed E-state index contributed by atoms with van der Waals surface area (Å²) in [6, 6.07) is 8.49. The Morgan fingerprint density at radius 2 is 1.75 bits per heavy atom. The lowest BCUT2D eigenvalue weighted by Crippen LogP contribution is -2.28. The second-order valence-corrected chi connectivity index (χ2v) is 7.78. The zero-order valence-corrected chi connectivity index (χ0v) is 19.2. The summed E-state index contributed by atoms with van der Waals surface area (Å²) in [5.41, 5.74) is 8.97. The third-order valence-corrected chi connectivity index (χ3v) is 5.32. The van der Waals surface area contributed by atoms with Gasteiger partial charge in [0.15, 0.2) is 0 Å². The highest BCUT2D eigenvalue weighted by molar-refractivity contribution is 6.01. The Bertz CT molecular complexity index is 891. The number of aromatic nitrogens is 2. The van der Waals surface area contributed by atoms with E-state index in [-0.39, 0.29) is 24.2 Å². The Hall–Kier alpha value is -2.75. The van der Waals surface area contributed by atoms with Gasteiger partial charge in [-0.3, -0.25) is 14.6 Å². The van der Waals surface area contributed by atoms with Crippen LogP contribution in [0.1, 0.15) is 30.0 Å². The van der Waals surface area contributed by atoms with E-state index in [1.807, 2.05) is 0 Å². The molecule has 2 N–H and O–H groups in total. The summed E-state index contributed by atoms with van der Waals surface area (Å²) in [4.78, 5) is 25.3. The molecule has 0 aliphatic carbocycles. The number of ether oxygens (including phenoxy) is 3. The van der Waals surface area contributed by atoms with Crippen molar-refractivity contribution in [1.82, 2.24) is 14.9 Å². The number of amides is 1. The molecule has 0 unspecified atom stereocenters. The second-order valence-electron chi connectivity index (χ2n) is 7.78. The fourth-order valence-corrected chi connectivity index (χ4v) is 3.67. The molecular formula is C23H33N5O4. The zero-order valence-electron chi connectivity index (χ0n) is 19.2.